The largest absolute Gasteiger partial charge is 0.399 e. The van der Waals surface area contributed by atoms with E-state index in [9.17, 15) is 0 Å². The Kier molecular flexibility index (Phi) is 4.19. The van der Waals surface area contributed by atoms with E-state index in [0.717, 1.165) is 11.6 Å². The molecule has 19 heavy (non-hydrogen) atoms. The summed E-state index contributed by atoms with van der Waals surface area (Å²) in [5, 5.41) is 0. The summed E-state index contributed by atoms with van der Waals surface area (Å²) in [6, 6.07) is 8.80. The van der Waals surface area contributed by atoms with E-state index in [-0.39, 0.29) is 0 Å². The number of likely N-dealkylation sites (tertiary alicyclic amines) is 1. The lowest BCUT2D eigenvalue weighted by molar-refractivity contribution is 0.0878. The van der Waals surface area contributed by atoms with Crippen LogP contribution in [0.3, 0.4) is 0 Å². The summed E-state index contributed by atoms with van der Waals surface area (Å²) in [7, 11) is 0. The fraction of sp³-hybridized carbons (Fsp3) is 0.647. The smallest absolute Gasteiger partial charge is 0.0320 e. The van der Waals surface area contributed by atoms with E-state index in [4.69, 9.17) is 5.73 Å². The lowest BCUT2D eigenvalue weighted by Gasteiger charge is -2.41. The first-order valence-electron chi connectivity index (χ1n) is 7.47. The molecule has 0 aromatic heterocycles. The Morgan fingerprint density at radius 3 is 2.37 bits per heavy atom. The lowest BCUT2D eigenvalue weighted by atomic mass is 9.75. The number of rotatable bonds is 2. The van der Waals surface area contributed by atoms with Gasteiger partial charge in [-0.2, -0.15) is 0 Å². The second kappa shape index (κ2) is 5.54. The van der Waals surface area contributed by atoms with Crippen LogP contribution in [0.1, 0.15) is 52.1 Å². The van der Waals surface area contributed by atoms with Gasteiger partial charge in [0.05, 0.1) is 0 Å². The molecular weight excluding hydrogens is 232 g/mol. The van der Waals surface area contributed by atoms with Gasteiger partial charge in [0.25, 0.3) is 0 Å². The Balaban J connectivity index is 1.98. The van der Waals surface area contributed by atoms with E-state index >= 15 is 0 Å². The molecule has 0 aliphatic carbocycles. The molecule has 1 unspecified atom stereocenters. The summed E-state index contributed by atoms with van der Waals surface area (Å²) in [5.74, 6) is 0.858. The monoisotopic (exact) mass is 260 g/mol. The van der Waals surface area contributed by atoms with Crippen molar-refractivity contribution in [3.8, 4) is 0 Å². The molecule has 1 aromatic rings. The van der Waals surface area contributed by atoms with Crippen LogP contribution in [-0.4, -0.2) is 18.0 Å². The van der Waals surface area contributed by atoms with Crippen LogP contribution in [0.15, 0.2) is 24.3 Å². The van der Waals surface area contributed by atoms with Crippen LogP contribution in [-0.2, 0) is 0 Å². The molecule has 1 aliphatic rings. The van der Waals surface area contributed by atoms with Crippen molar-refractivity contribution in [1.82, 2.24) is 4.90 Å². The van der Waals surface area contributed by atoms with E-state index in [1.165, 1.54) is 31.5 Å². The molecular formula is C17H28N2. The molecule has 0 radical (unpaired) electrons. The second-order valence-corrected chi connectivity index (χ2v) is 7.02. The minimum atomic E-state index is 0.451. The van der Waals surface area contributed by atoms with Crippen molar-refractivity contribution < 1.29 is 0 Å². The van der Waals surface area contributed by atoms with Crippen LogP contribution < -0.4 is 5.73 Å². The number of hydrogen-bond donors (Lipinski definition) is 1. The third kappa shape index (κ3) is 3.50. The van der Waals surface area contributed by atoms with E-state index in [0.29, 0.717) is 11.5 Å². The number of piperidine rings is 1. The third-order valence-corrected chi connectivity index (χ3v) is 4.70. The van der Waals surface area contributed by atoms with Crippen molar-refractivity contribution in [2.45, 2.75) is 46.6 Å². The van der Waals surface area contributed by atoms with Crippen molar-refractivity contribution >= 4 is 5.69 Å². The van der Waals surface area contributed by atoms with Gasteiger partial charge in [-0.1, -0.05) is 32.9 Å². The Hall–Kier alpha value is -1.02. The van der Waals surface area contributed by atoms with E-state index < -0.39 is 0 Å². The van der Waals surface area contributed by atoms with E-state index in [1.807, 2.05) is 6.07 Å². The van der Waals surface area contributed by atoms with Gasteiger partial charge in [-0.05, 0) is 61.9 Å². The topological polar surface area (TPSA) is 29.3 Å². The maximum absolute atomic E-state index is 5.89. The van der Waals surface area contributed by atoms with Gasteiger partial charge in [0.1, 0.15) is 0 Å². The highest BCUT2D eigenvalue weighted by Crippen LogP contribution is 2.36. The highest BCUT2D eigenvalue weighted by molar-refractivity contribution is 5.41. The summed E-state index contributed by atoms with van der Waals surface area (Å²) in [5.41, 5.74) is 8.55. The molecule has 1 aliphatic heterocycles. The van der Waals surface area contributed by atoms with Crippen molar-refractivity contribution in [3.63, 3.8) is 0 Å². The van der Waals surface area contributed by atoms with Gasteiger partial charge < -0.3 is 5.73 Å². The molecule has 106 valence electrons. The molecule has 1 atom stereocenters. The minimum absolute atomic E-state index is 0.451. The van der Waals surface area contributed by atoms with Gasteiger partial charge in [-0.3, -0.25) is 4.90 Å². The molecule has 2 heteroatoms. The van der Waals surface area contributed by atoms with Crippen LogP contribution >= 0.6 is 0 Å². The summed E-state index contributed by atoms with van der Waals surface area (Å²) in [6.45, 7) is 11.8. The number of benzene rings is 1. The highest BCUT2D eigenvalue weighted by Gasteiger charge is 2.30. The van der Waals surface area contributed by atoms with Gasteiger partial charge in [0, 0.05) is 11.7 Å². The fourth-order valence-electron chi connectivity index (χ4n) is 3.18. The van der Waals surface area contributed by atoms with Crippen LogP contribution in [0.25, 0.3) is 0 Å². The molecule has 0 spiro atoms. The number of nitrogens with zero attached hydrogens (tertiary/aromatic N) is 1. The Morgan fingerprint density at radius 1 is 1.21 bits per heavy atom. The van der Waals surface area contributed by atoms with Gasteiger partial charge in [0.2, 0.25) is 0 Å². The van der Waals surface area contributed by atoms with E-state index in [2.05, 4.69) is 50.8 Å². The van der Waals surface area contributed by atoms with E-state index in [1.54, 1.807) is 0 Å². The Labute approximate surface area is 118 Å². The van der Waals surface area contributed by atoms with Crippen LogP contribution in [0.2, 0.25) is 0 Å². The summed E-state index contributed by atoms with van der Waals surface area (Å²) >= 11 is 0. The number of hydrogen-bond acceptors (Lipinski definition) is 2. The zero-order valence-electron chi connectivity index (χ0n) is 12.8. The average Bonchev–Trinajstić information content (AvgIpc) is 2.37. The third-order valence-electron chi connectivity index (χ3n) is 4.70. The molecule has 2 nitrogen and oxygen atoms in total. The first-order chi connectivity index (χ1) is 8.88. The van der Waals surface area contributed by atoms with Crippen LogP contribution in [0, 0.1) is 11.3 Å². The molecule has 2 N–H and O–H groups in total. The first kappa shape index (κ1) is 14.4. The van der Waals surface area contributed by atoms with Crippen LogP contribution in [0.5, 0.6) is 0 Å². The normalized spacial score (nSPS) is 20.4. The predicted octanol–water partition coefficient (Wildman–Crippen LogP) is 4.09. The maximum Gasteiger partial charge on any atom is 0.0320 e. The molecule has 0 saturated carbocycles. The van der Waals surface area contributed by atoms with Crippen molar-refractivity contribution in [1.29, 1.82) is 0 Å². The van der Waals surface area contributed by atoms with Gasteiger partial charge in [-0.15, -0.1) is 0 Å². The molecule has 1 heterocycles. The Morgan fingerprint density at radius 2 is 1.84 bits per heavy atom. The second-order valence-electron chi connectivity index (χ2n) is 7.02. The van der Waals surface area contributed by atoms with Gasteiger partial charge in [-0.25, -0.2) is 0 Å². The first-order valence-corrected chi connectivity index (χ1v) is 7.47. The zero-order chi connectivity index (χ0) is 14.0. The van der Waals surface area contributed by atoms with Gasteiger partial charge >= 0.3 is 0 Å². The van der Waals surface area contributed by atoms with Gasteiger partial charge in [0.15, 0.2) is 0 Å². The predicted molar refractivity (Wildman–Crippen MR) is 83.0 cm³/mol. The summed E-state index contributed by atoms with van der Waals surface area (Å²) in [4.78, 5) is 2.59. The van der Waals surface area contributed by atoms with Crippen molar-refractivity contribution in [3.05, 3.63) is 29.8 Å². The molecule has 0 bridgehead atoms. The zero-order valence-corrected chi connectivity index (χ0v) is 12.8. The summed E-state index contributed by atoms with van der Waals surface area (Å²) in [6.07, 6.45) is 2.63. The number of anilines is 1. The minimum Gasteiger partial charge on any atom is -0.399 e. The molecule has 0 amide bonds. The fourth-order valence-corrected chi connectivity index (χ4v) is 3.18. The van der Waals surface area contributed by atoms with Crippen molar-refractivity contribution in [2.75, 3.05) is 18.8 Å². The summed E-state index contributed by atoms with van der Waals surface area (Å²) < 4.78 is 0. The molecule has 1 fully saturated rings. The maximum atomic E-state index is 5.89. The standard InChI is InChI=1S/C17H28N2/c1-13(14-6-5-7-16(18)12-14)19-10-8-15(9-11-19)17(2,3)4/h5-7,12-13,15H,8-11,18H2,1-4H3. The quantitative estimate of drug-likeness (QED) is 0.812. The van der Waals surface area contributed by atoms with Crippen molar-refractivity contribution in [2.24, 2.45) is 11.3 Å². The SMILES string of the molecule is CC(c1cccc(N)c1)N1CCC(C(C)(C)C)CC1. The lowest BCUT2D eigenvalue weighted by Crippen LogP contribution is -2.39. The molecule has 1 saturated heterocycles. The molecule has 1 aromatic carbocycles. The molecule has 2 rings (SSSR count). The average molecular weight is 260 g/mol. The van der Waals surface area contributed by atoms with Crippen LogP contribution in [0.4, 0.5) is 5.69 Å². The Bertz CT molecular complexity index is 412. The number of nitrogens with two attached hydrogens (primary N) is 1. The highest BCUT2D eigenvalue weighted by atomic mass is 15.2. The number of nitrogen functional groups attached to an aromatic ring is 1.